The third-order valence-corrected chi connectivity index (χ3v) is 4.92. The SMILES string of the molecule is Cc1ccc2ccc(C(Nc3ccc(Cl)cc3Cl)c3ccco3)c(O)c2n1. The molecule has 136 valence electrons. The number of fused-ring (bicyclic) bond motifs is 1. The van der Waals surface area contributed by atoms with Crippen molar-refractivity contribution < 1.29 is 9.52 Å². The van der Waals surface area contributed by atoms with Crippen LogP contribution in [-0.4, -0.2) is 10.1 Å². The molecule has 2 N–H and O–H groups in total. The smallest absolute Gasteiger partial charge is 0.147 e. The van der Waals surface area contributed by atoms with Gasteiger partial charge in [0.25, 0.3) is 0 Å². The van der Waals surface area contributed by atoms with Crippen molar-refractivity contribution in [2.75, 3.05) is 5.32 Å². The molecule has 0 radical (unpaired) electrons. The number of furan rings is 1. The number of anilines is 1. The molecule has 0 saturated heterocycles. The van der Waals surface area contributed by atoms with Gasteiger partial charge < -0.3 is 14.8 Å². The van der Waals surface area contributed by atoms with Gasteiger partial charge in [-0.2, -0.15) is 0 Å². The van der Waals surface area contributed by atoms with E-state index in [4.69, 9.17) is 27.6 Å². The number of nitrogens with one attached hydrogen (secondary N) is 1. The van der Waals surface area contributed by atoms with Crippen molar-refractivity contribution in [1.82, 2.24) is 4.98 Å². The summed E-state index contributed by atoms with van der Waals surface area (Å²) in [5.74, 6) is 0.749. The van der Waals surface area contributed by atoms with Crippen LogP contribution in [0.1, 0.15) is 23.1 Å². The van der Waals surface area contributed by atoms with Gasteiger partial charge in [0.2, 0.25) is 0 Å². The molecule has 6 heteroatoms. The van der Waals surface area contributed by atoms with E-state index in [-0.39, 0.29) is 5.75 Å². The molecule has 2 heterocycles. The lowest BCUT2D eigenvalue weighted by Crippen LogP contribution is -2.12. The van der Waals surface area contributed by atoms with E-state index >= 15 is 0 Å². The molecule has 0 bridgehead atoms. The molecule has 4 nitrogen and oxygen atoms in total. The molecular weight excluding hydrogens is 383 g/mol. The molecule has 0 amide bonds. The molecule has 27 heavy (non-hydrogen) atoms. The fourth-order valence-corrected chi connectivity index (χ4v) is 3.50. The predicted octanol–water partition coefficient (Wildman–Crippen LogP) is 6.35. The molecule has 0 spiro atoms. The fourth-order valence-electron chi connectivity index (χ4n) is 3.04. The molecule has 0 aliphatic heterocycles. The van der Waals surface area contributed by atoms with Crippen molar-refractivity contribution in [2.45, 2.75) is 13.0 Å². The second-order valence-electron chi connectivity index (χ2n) is 6.24. The lowest BCUT2D eigenvalue weighted by atomic mass is 10.00. The van der Waals surface area contributed by atoms with Gasteiger partial charge in [0, 0.05) is 21.7 Å². The summed E-state index contributed by atoms with van der Waals surface area (Å²) in [6.07, 6.45) is 1.59. The number of rotatable bonds is 4. The number of aromatic hydroxyl groups is 1. The van der Waals surface area contributed by atoms with Gasteiger partial charge in [0.15, 0.2) is 0 Å². The Morgan fingerprint density at radius 1 is 1.07 bits per heavy atom. The summed E-state index contributed by atoms with van der Waals surface area (Å²) in [5.41, 5.74) is 2.70. The van der Waals surface area contributed by atoms with Crippen molar-refractivity contribution >= 4 is 39.8 Å². The van der Waals surface area contributed by atoms with Crippen LogP contribution in [0.2, 0.25) is 10.0 Å². The van der Waals surface area contributed by atoms with Gasteiger partial charge in [-0.25, -0.2) is 4.98 Å². The van der Waals surface area contributed by atoms with Crippen molar-refractivity contribution in [3.63, 3.8) is 0 Å². The van der Waals surface area contributed by atoms with Crippen LogP contribution < -0.4 is 5.32 Å². The summed E-state index contributed by atoms with van der Waals surface area (Å²) in [6.45, 7) is 1.89. The largest absolute Gasteiger partial charge is 0.505 e. The van der Waals surface area contributed by atoms with Crippen molar-refractivity contribution in [3.05, 3.63) is 87.9 Å². The number of aryl methyl sites for hydroxylation is 1. The second kappa shape index (κ2) is 7.14. The summed E-state index contributed by atoms with van der Waals surface area (Å²) in [6, 6.07) is 16.0. The zero-order valence-corrected chi connectivity index (χ0v) is 15.9. The van der Waals surface area contributed by atoms with Crippen LogP contribution in [0, 0.1) is 6.92 Å². The Labute approximate surface area is 166 Å². The highest BCUT2D eigenvalue weighted by atomic mass is 35.5. The Morgan fingerprint density at radius 2 is 1.89 bits per heavy atom. The zero-order valence-electron chi connectivity index (χ0n) is 14.4. The quantitative estimate of drug-likeness (QED) is 0.420. The average molecular weight is 399 g/mol. The van der Waals surface area contributed by atoms with Crippen LogP contribution in [0.3, 0.4) is 0 Å². The average Bonchev–Trinajstić information content (AvgIpc) is 3.17. The Kier molecular flexibility index (Phi) is 4.68. The summed E-state index contributed by atoms with van der Waals surface area (Å²) in [5, 5.41) is 16.2. The number of hydrogen-bond acceptors (Lipinski definition) is 4. The van der Waals surface area contributed by atoms with Gasteiger partial charge >= 0.3 is 0 Å². The maximum Gasteiger partial charge on any atom is 0.147 e. The lowest BCUT2D eigenvalue weighted by molar-refractivity contribution is 0.458. The first-order chi connectivity index (χ1) is 13.0. The maximum absolute atomic E-state index is 10.9. The van der Waals surface area contributed by atoms with Crippen LogP contribution in [0.4, 0.5) is 5.69 Å². The Morgan fingerprint density at radius 3 is 2.63 bits per heavy atom. The van der Waals surface area contributed by atoms with Crippen LogP contribution in [0.15, 0.2) is 65.3 Å². The van der Waals surface area contributed by atoms with E-state index in [2.05, 4.69) is 10.3 Å². The molecule has 4 rings (SSSR count). The standard InChI is InChI=1S/C21H16Cl2N2O2/c1-12-4-5-13-6-8-15(21(26)19(13)24-12)20(18-3-2-10-27-18)25-17-9-7-14(22)11-16(17)23/h2-11,20,25-26H,1H3. The molecule has 0 saturated carbocycles. The highest BCUT2D eigenvalue weighted by Gasteiger charge is 2.23. The summed E-state index contributed by atoms with van der Waals surface area (Å²) < 4.78 is 5.61. The minimum atomic E-state index is -0.453. The molecule has 2 aromatic heterocycles. The van der Waals surface area contributed by atoms with E-state index in [1.165, 1.54) is 0 Å². The van der Waals surface area contributed by atoms with Crippen LogP contribution in [0.5, 0.6) is 5.75 Å². The van der Waals surface area contributed by atoms with E-state index < -0.39 is 6.04 Å². The second-order valence-corrected chi connectivity index (χ2v) is 7.09. The third-order valence-electron chi connectivity index (χ3n) is 4.38. The Hall–Kier alpha value is -2.69. The first kappa shape index (κ1) is 17.7. The summed E-state index contributed by atoms with van der Waals surface area (Å²) in [4.78, 5) is 4.48. The topological polar surface area (TPSA) is 58.3 Å². The zero-order chi connectivity index (χ0) is 19.0. The molecule has 2 aromatic carbocycles. The number of hydrogen-bond donors (Lipinski definition) is 2. The molecule has 4 aromatic rings. The molecular formula is C21H16Cl2N2O2. The number of pyridine rings is 1. The first-order valence-electron chi connectivity index (χ1n) is 8.37. The minimum absolute atomic E-state index is 0.107. The molecule has 0 aliphatic rings. The van der Waals surface area contributed by atoms with Crippen molar-refractivity contribution in [2.24, 2.45) is 0 Å². The third kappa shape index (κ3) is 3.46. The van der Waals surface area contributed by atoms with Crippen molar-refractivity contribution in [1.29, 1.82) is 0 Å². The van der Waals surface area contributed by atoms with E-state index in [1.54, 1.807) is 30.5 Å². The van der Waals surface area contributed by atoms with E-state index in [0.717, 1.165) is 11.1 Å². The van der Waals surface area contributed by atoms with Gasteiger partial charge in [-0.15, -0.1) is 0 Å². The van der Waals surface area contributed by atoms with Gasteiger partial charge in [0.1, 0.15) is 23.1 Å². The summed E-state index contributed by atoms with van der Waals surface area (Å²) in [7, 11) is 0. The van der Waals surface area contributed by atoms with E-state index in [0.29, 0.717) is 32.6 Å². The number of halogens is 2. The fraction of sp³-hybridized carbons (Fsp3) is 0.0952. The minimum Gasteiger partial charge on any atom is -0.505 e. The molecule has 1 unspecified atom stereocenters. The van der Waals surface area contributed by atoms with Crippen molar-refractivity contribution in [3.8, 4) is 5.75 Å². The lowest BCUT2D eigenvalue weighted by Gasteiger charge is -2.21. The molecule has 0 fully saturated rings. The maximum atomic E-state index is 10.9. The number of nitrogens with zero attached hydrogens (tertiary/aromatic N) is 1. The number of benzene rings is 2. The summed E-state index contributed by atoms with van der Waals surface area (Å²) >= 11 is 12.3. The van der Waals surface area contributed by atoms with Crippen LogP contribution in [-0.2, 0) is 0 Å². The molecule has 0 aliphatic carbocycles. The number of phenolic OH excluding ortho intramolecular Hbond substituents is 1. The Bertz CT molecular complexity index is 1110. The monoisotopic (exact) mass is 398 g/mol. The predicted molar refractivity (Wildman–Crippen MR) is 109 cm³/mol. The van der Waals surface area contributed by atoms with Gasteiger partial charge in [0.05, 0.1) is 17.0 Å². The molecule has 1 atom stereocenters. The number of aromatic nitrogens is 1. The normalized spacial score (nSPS) is 12.3. The van der Waals surface area contributed by atoms with E-state index in [9.17, 15) is 5.11 Å². The first-order valence-corrected chi connectivity index (χ1v) is 9.13. The van der Waals surface area contributed by atoms with E-state index in [1.807, 2.05) is 37.3 Å². The van der Waals surface area contributed by atoms with Gasteiger partial charge in [-0.1, -0.05) is 41.4 Å². The van der Waals surface area contributed by atoms with Crippen LogP contribution in [0.25, 0.3) is 10.9 Å². The van der Waals surface area contributed by atoms with Gasteiger partial charge in [-0.05, 0) is 43.3 Å². The van der Waals surface area contributed by atoms with Crippen LogP contribution >= 0.6 is 23.2 Å². The Balaban J connectivity index is 1.84. The number of phenols is 1. The van der Waals surface area contributed by atoms with Gasteiger partial charge in [-0.3, -0.25) is 0 Å². The highest BCUT2D eigenvalue weighted by Crippen LogP contribution is 2.38. The highest BCUT2D eigenvalue weighted by molar-refractivity contribution is 6.36.